The zero-order valence-corrected chi connectivity index (χ0v) is 14.5. The van der Waals surface area contributed by atoms with Gasteiger partial charge in [-0.2, -0.15) is 0 Å². The van der Waals surface area contributed by atoms with Gasteiger partial charge in [0.1, 0.15) is 11.6 Å². The molecule has 1 fully saturated rings. The van der Waals surface area contributed by atoms with Crippen LogP contribution in [0.5, 0.6) is 0 Å². The van der Waals surface area contributed by atoms with E-state index in [1.807, 2.05) is 19.3 Å². The summed E-state index contributed by atoms with van der Waals surface area (Å²) in [7, 11) is 0. The molecule has 0 spiro atoms. The van der Waals surface area contributed by atoms with Gasteiger partial charge in [0.25, 0.3) is 0 Å². The lowest BCUT2D eigenvalue weighted by molar-refractivity contribution is 0.154. The summed E-state index contributed by atoms with van der Waals surface area (Å²) in [6.45, 7) is 7.36. The average molecular weight is 336 g/mol. The van der Waals surface area contributed by atoms with Gasteiger partial charge in [-0.15, -0.1) is 0 Å². The van der Waals surface area contributed by atoms with Crippen LogP contribution < -0.4 is 0 Å². The molecule has 0 unspecified atom stereocenters. The molecule has 2 aromatic rings. The van der Waals surface area contributed by atoms with Crippen LogP contribution in [0.4, 0.5) is 4.39 Å². The third kappa shape index (κ3) is 3.75. The smallest absolute Gasteiger partial charge is 0.132 e. The molecule has 1 aromatic heterocycles. The summed E-state index contributed by atoms with van der Waals surface area (Å²) in [5.41, 5.74) is 1.29. The highest BCUT2D eigenvalue weighted by Gasteiger charge is 2.22. The van der Waals surface area contributed by atoms with Crippen molar-refractivity contribution < 1.29 is 4.39 Å². The van der Waals surface area contributed by atoms with Crippen LogP contribution in [0.2, 0.25) is 5.02 Å². The van der Waals surface area contributed by atoms with Crippen molar-refractivity contribution in [1.82, 2.24) is 14.5 Å². The quantitative estimate of drug-likeness (QED) is 0.834. The number of likely N-dealkylation sites (tertiary alicyclic amines) is 1. The highest BCUT2D eigenvalue weighted by atomic mass is 35.5. The summed E-state index contributed by atoms with van der Waals surface area (Å²) in [5.74, 6) is 1.46. The molecule has 1 aliphatic rings. The molecule has 23 heavy (non-hydrogen) atoms. The van der Waals surface area contributed by atoms with Gasteiger partial charge in [0.05, 0.1) is 0 Å². The Balaban J connectivity index is 1.67. The SMILES string of the molecule is Cc1ccc(Cl)c(CN2CCC[C@H](Cn3ccnc3C)C2)c1F. The average Bonchev–Trinajstić information content (AvgIpc) is 2.93. The highest BCUT2D eigenvalue weighted by molar-refractivity contribution is 6.31. The molecule has 0 radical (unpaired) electrons. The van der Waals surface area contributed by atoms with E-state index in [1.165, 1.54) is 6.42 Å². The minimum absolute atomic E-state index is 0.162. The van der Waals surface area contributed by atoms with Gasteiger partial charge in [0.2, 0.25) is 0 Å². The van der Waals surface area contributed by atoms with Gasteiger partial charge in [0.15, 0.2) is 0 Å². The van der Waals surface area contributed by atoms with Crippen molar-refractivity contribution in [3.05, 3.63) is 52.3 Å². The topological polar surface area (TPSA) is 21.1 Å². The number of benzene rings is 1. The molecule has 3 nitrogen and oxygen atoms in total. The van der Waals surface area contributed by atoms with Gasteiger partial charge in [-0.25, -0.2) is 9.37 Å². The second kappa shape index (κ2) is 7.02. The predicted molar refractivity (Wildman–Crippen MR) is 91.1 cm³/mol. The number of piperidine rings is 1. The maximum absolute atomic E-state index is 14.3. The summed E-state index contributed by atoms with van der Waals surface area (Å²) in [6.07, 6.45) is 6.23. The van der Waals surface area contributed by atoms with Crippen molar-refractivity contribution in [2.75, 3.05) is 13.1 Å². The minimum atomic E-state index is -0.162. The molecular formula is C18H23ClFN3. The van der Waals surface area contributed by atoms with Gasteiger partial charge >= 0.3 is 0 Å². The molecule has 0 aliphatic carbocycles. The number of nitrogens with zero attached hydrogens (tertiary/aromatic N) is 3. The summed E-state index contributed by atoms with van der Waals surface area (Å²) < 4.78 is 16.6. The third-order valence-electron chi connectivity index (χ3n) is 4.74. The summed E-state index contributed by atoms with van der Waals surface area (Å²) >= 11 is 6.21. The van der Waals surface area contributed by atoms with Crippen LogP contribution in [0, 0.1) is 25.6 Å². The Labute approximate surface area is 142 Å². The number of aromatic nitrogens is 2. The van der Waals surface area contributed by atoms with Crippen molar-refractivity contribution in [2.24, 2.45) is 5.92 Å². The van der Waals surface area contributed by atoms with E-state index in [2.05, 4.69) is 14.5 Å². The van der Waals surface area contributed by atoms with E-state index in [-0.39, 0.29) is 5.82 Å². The summed E-state index contributed by atoms with van der Waals surface area (Å²) in [6, 6.07) is 3.54. The first kappa shape index (κ1) is 16.5. The maximum atomic E-state index is 14.3. The Bertz CT molecular complexity index is 683. The number of aryl methyl sites for hydroxylation is 2. The van der Waals surface area contributed by atoms with Crippen LogP contribution in [-0.2, 0) is 13.1 Å². The van der Waals surface area contributed by atoms with Crippen LogP contribution >= 0.6 is 11.6 Å². The van der Waals surface area contributed by atoms with Crippen molar-refractivity contribution in [3.8, 4) is 0 Å². The monoisotopic (exact) mass is 335 g/mol. The number of hydrogen-bond acceptors (Lipinski definition) is 2. The zero-order chi connectivity index (χ0) is 16.4. The second-order valence-electron chi connectivity index (χ2n) is 6.53. The van der Waals surface area contributed by atoms with Gasteiger partial charge in [0, 0.05) is 42.6 Å². The van der Waals surface area contributed by atoms with E-state index in [0.29, 0.717) is 28.6 Å². The van der Waals surface area contributed by atoms with Crippen molar-refractivity contribution >= 4 is 11.6 Å². The standard InChI is InChI=1S/C18H23ClFN3/c1-13-5-6-17(19)16(18(13)20)12-22-8-3-4-15(10-22)11-23-9-7-21-14(23)2/h5-7,9,15H,3-4,8,10-12H2,1-2H3/t15-/m0/s1. The fraction of sp³-hybridized carbons (Fsp3) is 0.500. The number of halogens is 2. The van der Waals surface area contributed by atoms with Gasteiger partial charge < -0.3 is 4.57 Å². The van der Waals surface area contributed by atoms with E-state index in [9.17, 15) is 4.39 Å². The Kier molecular flexibility index (Phi) is 5.02. The Morgan fingerprint density at radius 2 is 2.17 bits per heavy atom. The van der Waals surface area contributed by atoms with Gasteiger partial charge in [-0.05, 0) is 50.8 Å². The first-order valence-corrected chi connectivity index (χ1v) is 8.56. The molecule has 124 valence electrons. The fourth-order valence-electron chi connectivity index (χ4n) is 3.40. The molecular weight excluding hydrogens is 313 g/mol. The molecule has 0 bridgehead atoms. The highest BCUT2D eigenvalue weighted by Crippen LogP contribution is 2.26. The van der Waals surface area contributed by atoms with Gasteiger partial charge in [-0.1, -0.05) is 17.7 Å². The summed E-state index contributed by atoms with van der Waals surface area (Å²) in [4.78, 5) is 6.61. The molecule has 2 heterocycles. The minimum Gasteiger partial charge on any atom is -0.335 e. The lowest BCUT2D eigenvalue weighted by Crippen LogP contribution is -2.37. The molecule has 0 saturated carbocycles. The summed E-state index contributed by atoms with van der Waals surface area (Å²) in [5, 5.41) is 0.528. The van der Waals surface area contributed by atoms with Gasteiger partial charge in [-0.3, -0.25) is 4.90 Å². The van der Waals surface area contributed by atoms with E-state index in [1.54, 1.807) is 19.1 Å². The van der Waals surface area contributed by atoms with Crippen LogP contribution in [0.25, 0.3) is 0 Å². The Morgan fingerprint density at radius 3 is 2.91 bits per heavy atom. The number of imidazole rings is 1. The molecule has 5 heteroatoms. The van der Waals surface area contributed by atoms with E-state index >= 15 is 0 Å². The predicted octanol–water partition coefficient (Wildman–Crippen LogP) is 4.20. The molecule has 0 N–H and O–H groups in total. The normalized spacial score (nSPS) is 19.2. The zero-order valence-electron chi connectivity index (χ0n) is 13.7. The lowest BCUT2D eigenvalue weighted by Gasteiger charge is -2.33. The molecule has 3 rings (SSSR count). The van der Waals surface area contributed by atoms with Crippen LogP contribution in [0.15, 0.2) is 24.5 Å². The first-order valence-electron chi connectivity index (χ1n) is 8.18. The number of rotatable bonds is 4. The molecule has 1 saturated heterocycles. The van der Waals surface area contributed by atoms with Crippen molar-refractivity contribution in [1.29, 1.82) is 0 Å². The molecule has 1 aromatic carbocycles. The molecule has 0 amide bonds. The lowest BCUT2D eigenvalue weighted by atomic mass is 9.97. The van der Waals surface area contributed by atoms with Crippen LogP contribution in [0.3, 0.4) is 0 Å². The van der Waals surface area contributed by atoms with E-state index < -0.39 is 0 Å². The Hall–Kier alpha value is -1.39. The third-order valence-corrected chi connectivity index (χ3v) is 5.10. The van der Waals surface area contributed by atoms with Crippen molar-refractivity contribution in [3.63, 3.8) is 0 Å². The second-order valence-corrected chi connectivity index (χ2v) is 6.93. The van der Waals surface area contributed by atoms with E-state index in [4.69, 9.17) is 11.6 Å². The number of hydrogen-bond donors (Lipinski definition) is 0. The largest absolute Gasteiger partial charge is 0.335 e. The maximum Gasteiger partial charge on any atom is 0.132 e. The Morgan fingerprint density at radius 1 is 1.35 bits per heavy atom. The van der Waals surface area contributed by atoms with Crippen molar-refractivity contribution in [2.45, 2.75) is 39.8 Å². The fourth-order valence-corrected chi connectivity index (χ4v) is 3.61. The van der Waals surface area contributed by atoms with E-state index in [0.717, 1.165) is 31.9 Å². The van der Waals surface area contributed by atoms with Crippen LogP contribution in [0.1, 0.15) is 29.8 Å². The molecule has 1 atom stereocenters. The van der Waals surface area contributed by atoms with Crippen LogP contribution in [-0.4, -0.2) is 27.5 Å². The molecule has 1 aliphatic heterocycles. The first-order chi connectivity index (χ1) is 11.0.